The fourth-order valence-corrected chi connectivity index (χ4v) is 4.66. The Morgan fingerprint density at radius 3 is 2.13 bits per heavy atom. The lowest BCUT2D eigenvalue weighted by Crippen LogP contribution is -2.29. The van der Waals surface area contributed by atoms with Crippen LogP contribution in [0.3, 0.4) is 0 Å². The number of Topliss-reactive ketones (excluding diaryl/α,β-unsaturated/α-hetero) is 1. The third-order valence-electron chi connectivity index (χ3n) is 6.09. The number of hydrogen-bond donors (Lipinski definition) is 1. The molecular formula is C29H28ClNO7. The van der Waals surface area contributed by atoms with E-state index in [9.17, 15) is 14.7 Å². The molecule has 0 aliphatic carbocycles. The standard InChI is InChI=1S/C29H28ClNO7/c1-16(2)38-18-12-10-17(11-13-18)31-26(19-8-6-7-9-22(19)35-3)25(28(33)29(31)34)27(32)20-14-24(37-5)21(30)15-23(20)36-4/h6-16,26,32H,1-5H3/b27-25+. The maximum atomic E-state index is 13.5. The fourth-order valence-electron chi connectivity index (χ4n) is 4.43. The van der Waals surface area contributed by atoms with Gasteiger partial charge in [-0.3, -0.25) is 14.5 Å². The molecule has 1 atom stereocenters. The first-order valence-electron chi connectivity index (χ1n) is 11.8. The molecule has 1 fully saturated rings. The molecule has 198 valence electrons. The summed E-state index contributed by atoms with van der Waals surface area (Å²) in [6.45, 7) is 3.82. The van der Waals surface area contributed by atoms with Gasteiger partial charge < -0.3 is 24.1 Å². The number of carbonyl (C=O) groups excluding carboxylic acids is 2. The van der Waals surface area contributed by atoms with Gasteiger partial charge >= 0.3 is 0 Å². The quantitative estimate of drug-likeness (QED) is 0.221. The molecule has 0 bridgehead atoms. The van der Waals surface area contributed by atoms with E-state index in [1.54, 1.807) is 48.5 Å². The highest BCUT2D eigenvalue weighted by Gasteiger charge is 2.48. The number of carbonyl (C=O) groups is 2. The summed E-state index contributed by atoms with van der Waals surface area (Å²) in [4.78, 5) is 28.4. The highest BCUT2D eigenvalue weighted by Crippen LogP contribution is 2.46. The van der Waals surface area contributed by atoms with Crippen LogP contribution >= 0.6 is 11.6 Å². The normalized spacial score (nSPS) is 16.6. The number of nitrogens with zero attached hydrogens (tertiary/aromatic N) is 1. The van der Waals surface area contributed by atoms with E-state index >= 15 is 0 Å². The number of benzene rings is 3. The largest absolute Gasteiger partial charge is 0.507 e. The van der Waals surface area contributed by atoms with Crippen LogP contribution in [0.2, 0.25) is 5.02 Å². The van der Waals surface area contributed by atoms with Gasteiger partial charge in [0.2, 0.25) is 0 Å². The number of halogens is 1. The fraction of sp³-hybridized carbons (Fsp3) is 0.241. The summed E-state index contributed by atoms with van der Waals surface area (Å²) in [7, 11) is 4.33. The van der Waals surface area contributed by atoms with Gasteiger partial charge in [0.1, 0.15) is 28.8 Å². The molecule has 4 rings (SSSR count). The van der Waals surface area contributed by atoms with Gasteiger partial charge in [0.15, 0.2) is 0 Å². The summed E-state index contributed by atoms with van der Waals surface area (Å²) in [5.74, 6) is -0.584. The van der Waals surface area contributed by atoms with Crippen molar-refractivity contribution in [1.82, 2.24) is 0 Å². The zero-order chi connectivity index (χ0) is 27.6. The maximum Gasteiger partial charge on any atom is 0.300 e. The van der Waals surface area contributed by atoms with Crippen LogP contribution in [-0.4, -0.2) is 44.2 Å². The van der Waals surface area contributed by atoms with E-state index in [2.05, 4.69) is 0 Å². The van der Waals surface area contributed by atoms with E-state index in [0.717, 1.165) is 0 Å². The Morgan fingerprint density at radius 1 is 0.895 bits per heavy atom. The van der Waals surface area contributed by atoms with Crippen molar-refractivity contribution in [1.29, 1.82) is 0 Å². The van der Waals surface area contributed by atoms with Crippen molar-refractivity contribution in [2.24, 2.45) is 0 Å². The highest BCUT2D eigenvalue weighted by atomic mass is 35.5. The minimum atomic E-state index is -1.01. The second-order valence-electron chi connectivity index (χ2n) is 8.76. The number of aliphatic hydroxyl groups is 1. The van der Waals surface area contributed by atoms with Gasteiger partial charge in [-0.15, -0.1) is 0 Å². The van der Waals surface area contributed by atoms with Crippen molar-refractivity contribution in [3.63, 3.8) is 0 Å². The second-order valence-corrected chi connectivity index (χ2v) is 9.17. The molecule has 1 N–H and O–H groups in total. The third kappa shape index (κ3) is 4.87. The number of anilines is 1. The molecule has 1 aliphatic heterocycles. The summed E-state index contributed by atoms with van der Waals surface area (Å²) in [6.07, 6.45) is -0.0324. The molecule has 1 aliphatic rings. The molecule has 1 unspecified atom stereocenters. The molecule has 38 heavy (non-hydrogen) atoms. The van der Waals surface area contributed by atoms with Gasteiger partial charge in [-0.25, -0.2) is 0 Å². The molecule has 3 aromatic carbocycles. The molecule has 0 aromatic heterocycles. The molecule has 0 saturated carbocycles. The monoisotopic (exact) mass is 537 g/mol. The van der Waals surface area contributed by atoms with Crippen LogP contribution in [0.5, 0.6) is 23.0 Å². The summed E-state index contributed by atoms with van der Waals surface area (Å²) in [6, 6.07) is 15.8. The number of ketones is 1. The number of methoxy groups -OCH3 is 3. The van der Waals surface area contributed by atoms with E-state index in [0.29, 0.717) is 22.7 Å². The minimum absolute atomic E-state index is 0.0324. The lowest BCUT2D eigenvalue weighted by Gasteiger charge is -2.27. The summed E-state index contributed by atoms with van der Waals surface area (Å²) in [5.41, 5.74) is 0.967. The summed E-state index contributed by atoms with van der Waals surface area (Å²) in [5, 5.41) is 11.8. The second kappa shape index (κ2) is 11.1. The molecule has 3 aromatic rings. The number of para-hydroxylation sites is 1. The van der Waals surface area contributed by atoms with E-state index in [1.807, 2.05) is 13.8 Å². The molecule has 0 spiro atoms. The van der Waals surface area contributed by atoms with Crippen LogP contribution in [0.1, 0.15) is 31.0 Å². The molecule has 0 radical (unpaired) electrons. The lowest BCUT2D eigenvalue weighted by atomic mass is 9.94. The smallest absolute Gasteiger partial charge is 0.300 e. The van der Waals surface area contributed by atoms with Gasteiger partial charge in [-0.1, -0.05) is 29.8 Å². The van der Waals surface area contributed by atoms with Crippen LogP contribution in [0.15, 0.2) is 66.2 Å². The lowest BCUT2D eigenvalue weighted by molar-refractivity contribution is -0.132. The Labute approximate surface area is 225 Å². The van der Waals surface area contributed by atoms with Crippen molar-refractivity contribution < 1.29 is 33.6 Å². The highest BCUT2D eigenvalue weighted by molar-refractivity contribution is 6.51. The molecular weight excluding hydrogens is 510 g/mol. The number of hydrogen-bond acceptors (Lipinski definition) is 7. The van der Waals surface area contributed by atoms with Crippen molar-refractivity contribution >= 4 is 34.7 Å². The van der Waals surface area contributed by atoms with Crippen molar-refractivity contribution in [3.8, 4) is 23.0 Å². The zero-order valence-electron chi connectivity index (χ0n) is 21.7. The third-order valence-corrected chi connectivity index (χ3v) is 6.39. The van der Waals surface area contributed by atoms with Crippen molar-refractivity contribution in [2.45, 2.75) is 26.0 Å². The minimum Gasteiger partial charge on any atom is -0.507 e. The first-order chi connectivity index (χ1) is 18.2. The van der Waals surface area contributed by atoms with Crippen LogP contribution in [0, 0.1) is 0 Å². The SMILES string of the molecule is COc1cc(/C(O)=C2\C(=O)C(=O)N(c3ccc(OC(C)C)cc3)C2c2ccccc2OC)c(OC)cc1Cl. The molecule has 1 heterocycles. The van der Waals surface area contributed by atoms with Gasteiger partial charge in [0.25, 0.3) is 11.7 Å². The molecule has 8 nitrogen and oxygen atoms in total. The van der Waals surface area contributed by atoms with Gasteiger partial charge in [-0.05, 0) is 50.2 Å². The first-order valence-corrected chi connectivity index (χ1v) is 12.2. The van der Waals surface area contributed by atoms with Crippen LogP contribution in [-0.2, 0) is 9.59 Å². The van der Waals surface area contributed by atoms with Crippen LogP contribution in [0.4, 0.5) is 5.69 Å². The van der Waals surface area contributed by atoms with Gasteiger partial charge in [0, 0.05) is 17.3 Å². The molecule has 1 saturated heterocycles. The average Bonchev–Trinajstić information content (AvgIpc) is 3.18. The van der Waals surface area contributed by atoms with Crippen molar-refractivity contribution in [2.75, 3.05) is 26.2 Å². The summed E-state index contributed by atoms with van der Waals surface area (Å²) < 4.78 is 22.0. The van der Waals surface area contributed by atoms with Crippen LogP contribution < -0.4 is 23.8 Å². The number of rotatable bonds is 8. The molecule has 9 heteroatoms. The van der Waals surface area contributed by atoms with Gasteiger partial charge in [-0.2, -0.15) is 0 Å². The van der Waals surface area contributed by atoms with E-state index in [4.69, 9.17) is 30.5 Å². The summed E-state index contributed by atoms with van der Waals surface area (Å²) >= 11 is 6.25. The Bertz CT molecular complexity index is 1400. The van der Waals surface area contributed by atoms with E-state index in [-0.39, 0.29) is 33.8 Å². The Hall–Kier alpha value is -4.17. The van der Waals surface area contributed by atoms with Crippen molar-refractivity contribution in [3.05, 3.63) is 82.4 Å². The Balaban J connectivity index is 1.97. The predicted molar refractivity (Wildman–Crippen MR) is 145 cm³/mol. The molecule has 1 amide bonds. The Kier molecular flexibility index (Phi) is 7.83. The Morgan fingerprint density at radius 2 is 1.53 bits per heavy atom. The first kappa shape index (κ1) is 26.9. The van der Waals surface area contributed by atoms with Gasteiger partial charge in [0.05, 0.1) is 49.6 Å². The van der Waals surface area contributed by atoms with Crippen LogP contribution in [0.25, 0.3) is 5.76 Å². The number of ether oxygens (including phenoxy) is 4. The topological polar surface area (TPSA) is 94.5 Å². The predicted octanol–water partition coefficient (Wildman–Crippen LogP) is 5.78. The number of amides is 1. The maximum absolute atomic E-state index is 13.5. The average molecular weight is 538 g/mol. The van der Waals surface area contributed by atoms with E-state index < -0.39 is 23.5 Å². The number of aliphatic hydroxyl groups excluding tert-OH is 1. The van der Waals surface area contributed by atoms with E-state index in [1.165, 1.54) is 38.4 Å². The zero-order valence-corrected chi connectivity index (χ0v) is 22.4.